The van der Waals surface area contributed by atoms with Gasteiger partial charge >= 0.3 is 21.6 Å². The molecule has 0 N–H and O–H groups in total. The van der Waals surface area contributed by atoms with Gasteiger partial charge in [-0.25, -0.2) is 0 Å². The Morgan fingerprint density at radius 1 is 1.30 bits per heavy atom. The molecule has 0 atom stereocenters. The van der Waals surface area contributed by atoms with Gasteiger partial charge in [0.05, 0.1) is 5.56 Å². The number of hydrogen-bond donors (Lipinski definition) is 0. The predicted molar refractivity (Wildman–Crippen MR) is 63.4 cm³/mol. The maximum Gasteiger partial charge on any atom is 0.534 e. The molecule has 1 aromatic rings. The van der Waals surface area contributed by atoms with Crippen molar-refractivity contribution < 1.29 is 35.3 Å². The molecule has 0 unspecified atom stereocenters. The number of carbonyl (C=O) groups is 1. The van der Waals surface area contributed by atoms with Crippen LogP contribution in [0.15, 0.2) is 24.8 Å². The van der Waals surface area contributed by atoms with Crippen molar-refractivity contribution in [3.05, 3.63) is 30.3 Å². The average Bonchev–Trinajstić information content (AvgIpc) is 2.26. The van der Waals surface area contributed by atoms with E-state index < -0.39 is 27.3 Å². The van der Waals surface area contributed by atoms with E-state index in [0.717, 1.165) is 19.1 Å². The molecule has 1 aromatic carbocycles. The lowest BCUT2D eigenvalue weighted by molar-refractivity contribution is -0.131. The number of rotatable bonds is 4. The topological polar surface area (TPSA) is 69.7 Å². The molecule has 0 fully saturated rings. The van der Waals surface area contributed by atoms with Crippen LogP contribution in [0.3, 0.4) is 0 Å². The van der Waals surface area contributed by atoms with E-state index in [4.69, 9.17) is 4.74 Å². The number of benzene rings is 1. The molecule has 110 valence electrons. The molecule has 5 nitrogen and oxygen atoms in total. The minimum atomic E-state index is -5.82. The summed E-state index contributed by atoms with van der Waals surface area (Å²) in [6.07, 6.45) is 1.01. The van der Waals surface area contributed by atoms with Crippen molar-refractivity contribution >= 4 is 22.2 Å². The Kier molecular flexibility index (Phi) is 4.43. The summed E-state index contributed by atoms with van der Waals surface area (Å²) in [7, 11) is -5.82. The lowest BCUT2D eigenvalue weighted by atomic mass is 10.2. The van der Waals surface area contributed by atoms with E-state index in [1.54, 1.807) is 0 Å². The van der Waals surface area contributed by atoms with Gasteiger partial charge in [0.1, 0.15) is 5.75 Å². The highest BCUT2D eigenvalue weighted by Crippen LogP contribution is 2.34. The van der Waals surface area contributed by atoms with Crippen molar-refractivity contribution in [2.45, 2.75) is 12.4 Å². The second-order valence-corrected chi connectivity index (χ2v) is 4.99. The Balaban J connectivity index is 3.27. The molecule has 0 aliphatic heterocycles. The number of ether oxygens (including phenoxy) is 1. The fourth-order valence-corrected chi connectivity index (χ4v) is 1.68. The van der Waals surface area contributed by atoms with Crippen molar-refractivity contribution in [3.63, 3.8) is 0 Å². The van der Waals surface area contributed by atoms with E-state index in [1.165, 1.54) is 12.1 Å². The molecule has 0 amide bonds. The minimum absolute atomic E-state index is 0.164. The SMILES string of the molecule is C=Cc1c(OC(C)=O)cccc1OS(=O)(=O)C(F)(F)F. The monoisotopic (exact) mass is 310 g/mol. The Labute approximate surface area is 112 Å². The van der Waals surface area contributed by atoms with E-state index in [0.29, 0.717) is 0 Å². The van der Waals surface area contributed by atoms with Crippen molar-refractivity contribution in [1.29, 1.82) is 0 Å². The highest BCUT2D eigenvalue weighted by molar-refractivity contribution is 7.88. The van der Waals surface area contributed by atoms with Gasteiger partial charge in [0, 0.05) is 6.92 Å². The van der Waals surface area contributed by atoms with Crippen molar-refractivity contribution in [3.8, 4) is 11.5 Å². The highest BCUT2D eigenvalue weighted by Gasteiger charge is 2.48. The molecule has 0 aliphatic carbocycles. The first kappa shape index (κ1) is 16.0. The largest absolute Gasteiger partial charge is 0.534 e. The maximum absolute atomic E-state index is 12.2. The third kappa shape index (κ3) is 3.50. The third-order valence-electron chi connectivity index (χ3n) is 1.97. The van der Waals surface area contributed by atoms with Crippen LogP contribution in [0.4, 0.5) is 13.2 Å². The van der Waals surface area contributed by atoms with Crippen LogP contribution in [-0.2, 0) is 14.9 Å². The van der Waals surface area contributed by atoms with Gasteiger partial charge < -0.3 is 8.92 Å². The molecule has 0 spiro atoms. The van der Waals surface area contributed by atoms with E-state index in [2.05, 4.69) is 10.8 Å². The molecule has 20 heavy (non-hydrogen) atoms. The fraction of sp³-hybridized carbons (Fsp3) is 0.182. The standard InChI is InChI=1S/C11H9F3O5S/c1-3-8-9(18-7(2)15)5-4-6-10(8)19-20(16,17)11(12,13)14/h3-6H,1H2,2H3. The van der Waals surface area contributed by atoms with Gasteiger partial charge in [0.2, 0.25) is 0 Å². The van der Waals surface area contributed by atoms with Gasteiger partial charge in [0.15, 0.2) is 5.75 Å². The summed E-state index contributed by atoms with van der Waals surface area (Å²) in [6, 6.07) is 3.41. The van der Waals surface area contributed by atoms with Gasteiger partial charge in [-0.3, -0.25) is 4.79 Å². The van der Waals surface area contributed by atoms with Crippen molar-refractivity contribution in [2.24, 2.45) is 0 Å². The molecule has 0 radical (unpaired) electrons. The zero-order valence-corrected chi connectivity index (χ0v) is 10.9. The lowest BCUT2D eigenvalue weighted by Gasteiger charge is -2.13. The van der Waals surface area contributed by atoms with Gasteiger partial charge in [-0.05, 0) is 12.1 Å². The summed E-state index contributed by atoms with van der Waals surface area (Å²) < 4.78 is 67.3. The zero-order chi connectivity index (χ0) is 15.6. The van der Waals surface area contributed by atoms with Crippen LogP contribution < -0.4 is 8.92 Å². The van der Waals surface area contributed by atoms with Crippen LogP contribution in [0.2, 0.25) is 0 Å². The quantitative estimate of drug-likeness (QED) is 0.370. The van der Waals surface area contributed by atoms with E-state index in [9.17, 15) is 26.4 Å². The summed E-state index contributed by atoms with van der Waals surface area (Å²) in [5.41, 5.74) is -5.75. The second kappa shape index (κ2) is 5.53. The zero-order valence-electron chi connectivity index (χ0n) is 10.1. The number of halogens is 3. The van der Waals surface area contributed by atoms with Crippen LogP contribution in [-0.4, -0.2) is 19.9 Å². The molecule has 0 bridgehead atoms. The summed E-state index contributed by atoms with van der Waals surface area (Å²) in [5, 5.41) is 0. The third-order valence-corrected chi connectivity index (χ3v) is 2.93. The first-order valence-corrected chi connectivity index (χ1v) is 6.44. The normalized spacial score (nSPS) is 11.8. The van der Waals surface area contributed by atoms with Crippen LogP contribution in [0.1, 0.15) is 12.5 Å². The molecule has 0 saturated carbocycles. The molecule has 0 saturated heterocycles. The number of carbonyl (C=O) groups excluding carboxylic acids is 1. The van der Waals surface area contributed by atoms with Crippen LogP contribution in [0.25, 0.3) is 6.08 Å². The molecule has 0 aliphatic rings. The lowest BCUT2D eigenvalue weighted by Crippen LogP contribution is -2.28. The van der Waals surface area contributed by atoms with E-state index in [-0.39, 0.29) is 11.3 Å². The van der Waals surface area contributed by atoms with E-state index >= 15 is 0 Å². The van der Waals surface area contributed by atoms with Gasteiger partial charge in [-0.2, -0.15) is 21.6 Å². The molecule has 9 heteroatoms. The predicted octanol–water partition coefficient (Wildman–Crippen LogP) is 2.48. The molecule has 0 aromatic heterocycles. The molecular weight excluding hydrogens is 301 g/mol. The van der Waals surface area contributed by atoms with Gasteiger partial charge in [0.25, 0.3) is 0 Å². The highest BCUT2D eigenvalue weighted by atomic mass is 32.2. The van der Waals surface area contributed by atoms with Crippen molar-refractivity contribution in [1.82, 2.24) is 0 Å². The summed E-state index contributed by atoms with van der Waals surface area (Å²) >= 11 is 0. The molecule has 0 heterocycles. The Morgan fingerprint density at radius 3 is 2.30 bits per heavy atom. The van der Waals surface area contributed by atoms with Crippen LogP contribution in [0, 0.1) is 0 Å². The second-order valence-electron chi connectivity index (χ2n) is 3.45. The first-order chi connectivity index (χ1) is 9.08. The number of esters is 1. The molecule has 1 rings (SSSR count). The summed E-state index contributed by atoms with van der Waals surface area (Å²) in [6.45, 7) is 4.38. The fourth-order valence-electron chi connectivity index (χ4n) is 1.21. The Morgan fingerprint density at radius 2 is 1.85 bits per heavy atom. The number of hydrogen-bond acceptors (Lipinski definition) is 5. The first-order valence-electron chi connectivity index (χ1n) is 5.03. The van der Waals surface area contributed by atoms with Crippen molar-refractivity contribution in [2.75, 3.05) is 0 Å². The van der Waals surface area contributed by atoms with Gasteiger partial charge in [-0.1, -0.05) is 18.7 Å². The van der Waals surface area contributed by atoms with E-state index in [1.807, 2.05) is 0 Å². The minimum Gasteiger partial charge on any atom is -0.426 e. The van der Waals surface area contributed by atoms with Gasteiger partial charge in [-0.15, -0.1) is 0 Å². The smallest absolute Gasteiger partial charge is 0.426 e. The maximum atomic E-state index is 12.2. The van der Waals surface area contributed by atoms with Crippen LogP contribution in [0.5, 0.6) is 11.5 Å². The number of alkyl halides is 3. The van der Waals surface area contributed by atoms with Crippen LogP contribution >= 0.6 is 0 Å². The average molecular weight is 310 g/mol. The molecular formula is C11H9F3O5S. The Hall–Kier alpha value is -2.03. The summed E-state index contributed by atoms with van der Waals surface area (Å²) in [4.78, 5) is 10.8. The Bertz CT molecular complexity index is 634. The summed E-state index contributed by atoms with van der Waals surface area (Å²) in [5.74, 6) is -1.54.